The molecule has 1 unspecified atom stereocenters. The van der Waals surface area contributed by atoms with Crippen molar-refractivity contribution in [3.63, 3.8) is 0 Å². The summed E-state index contributed by atoms with van der Waals surface area (Å²) in [6.07, 6.45) is 5.41. The molecule has 1 atom stereocenters. The van der Waals surface area contributed by atoms with Crippen LogP contribution in [0.4, 0.5) is 0 Å². The summed E-state index contributed by atoms with van der Waals surface area (Å²) in [4.78, 5) is 24.6. The first-order valence-corrected chi connectivity index (χ1v) is 7.12. The summed E-state index contributed by atoms with van der Waals surface area (Å²) in [5.74, 6) is -0.0198. The minimum absolute atomic E-state index is 0.0198. The Morgan fingerprint density at radius 3 is 2.45 bits per heavy atom. The van der Waals surface area contributed by atoms with Gasteiger partial charge in [-0.2, -0.15) is 0 Å². The van der Waals surface area contributed by atoms with Crippen LogP contribution in [0, 0.1) is 0 Å². The predicted molar refractivity (Wildman–Crippen MR) is 80.4 cm³/mol. The Kier molecular flexibility index (Phi) is 4.97. The van der Waals surface area contributed by atoms with Crippen LogP contribution in [0.2, 0.25) is 0 Å². The summed E-state index contributed by atoms with van der Waals surface area (Å²) < 4.78 is 0. The Morgan fingerprint density at radius 1 is 1.35 bits per heavy atom. The van der Waals surface area contributed by atoms with Gasteiger partial charge in [-0.05, 0) is 6.42 Å². The van der Waals surface area contributed by atoms with Gasteiger partial charge in [0, 0.05) is 38.6 Å². The number of carbonyl (C=O) groups is 1. The van der Waals surface area contributed by atoms with Crippen LogP contribution < -0.4 is 5.73 Å². The lowest BCUT2D eigenvalue weighted by molar-refractivity contribution is 0.0611. The van der Waals surface area contributed by atoms with Crippen molar-refractivity contribution in [3.8, 4) is 0 Å². The fourth-order valence-corrected chi connectivity index (χ4v) is 2.78. The Balaban J connectivity index is 1.94. The van der Waals surface area contributed by atoms with Crippen LogP contribution in [0.15, 0.2) is 18.7 Å². The average molecular weight is 293 g/mol. The van der Waals surface area contributed by atoms with E-state index in [1.807, 2.05) is 4.90 Å². The van der Waals surface area contributed by atoms with Crippen LogP contribution in [-0.2, 0) is 0 Å². The van der Waals surface area contributed by atoms with Gasteiger partial charge in [0.25, 0.3) is 5.91 Å². The van der Waals surface area contributed by atoms with Gasteiger partial charge in [0.15, 0.2) is 0 Å². The van der Waals surface area contributed by atoms with Crippen LogP contribution >= 0.6 is 12.2 Å². The van der Waals surface area contributed by atoms with Crippen molar-refractivity contribution >= 4 is 23.1 Å². The molecular formula is C13H19N5OS. The fourth-order valence-electron chi connectivity index (χ4n) is 2.47. The summed E-state index contributed by atoms with van der Waals surface area (Å²) in [5, 5.41) is 0. The molecule has 1 saturated heterocycles. The molecule has 1 fully saturated rings. The largest absolute Gasteiger partial charge is 0.392 e. The number of aromatic nitrogens is 2. The number of carbonyl (C=O) groups excluding carboxylic acids is 1. The summed E-state index contributed by atoms with van der Waals surface area (Å²) in [6, 6.07) is 0.127. The number of rotatable bonds is 4. The van der Waals surface area contributed by atoms with E-state index in [2.05, 4.69) is 21.8 Å². The molecule has 1 aliphatic rings. The van der Waals surface area contributed by atoms with Gasteiger partial charge in [-0.1, -0.05) is 19.1 Å². The Morgan fingerprint density at radius 2 is 1.95 bits per heavy atom. The Bertz CT molecular complexity index is 473. The number of hydrogen-bond donors (Lipinski definition) is 1. The summed E-state index contributed by atoms with van der Waals surface area (Å²) >= 11 is 5.09. The third-order valence-corrected chi connectivity index (χ3v) is 3.84. The van der Waals surface area contributed by atoms with Crippen LogP contribution in [0.5, 0.6) is 0 Å². The molecule has 0 bridgehead atoms. The molecule has 0 radical (unpaired) electrons. The molecule has 108 valence electrons. The first kappa shape index (κ1) is 14.8. The van der Waals surface area contributed by atoms with Crippen molar-refractivity contribution in [2.45, 2.75) is 19.4 Å². The third kappa shape index (κ3) is 3.29. The number of amides is 1. The molecule has 2 rings (SSSR count). The molecule has 20 heavy (non-hydrogen) atoms. The fraction of sp³-hybridized carbons (Fsp3) is 0.538. The first-order chi connectivity index (χ1) is 9.63. The van der Waals surface area contributed by atoms with E-state index in [9.17, 15) is 4.79 Å². The molecule has 1 amide bonds. The monoisotopic (exact) mass is 293 g/mol. The summed E-state index contributed by atoms with van der Waals surface area (Å²) in [6.45, 7) is 4.99. The lowest BCUT2D eigenvalue weighted by atomic mass is 10.1. The average Bonchev–Trinajstić information content (AvgIpc) is 2.48. The second kappa shape index (κ2) is 6.71. The van der Waals surface area contributed by atoms with E-state index in [0.29, 0.717) is 23.6 Å². The Labute approximate surface area is 124 Å². The predicted octanol–water partition coefficient (Wildman–Crippen LogP) is 0.299. The van der Waals surface area contributed by atoms with Gasteiger partial charge >= 0.3 is 0 Å². The van der Waals surface area contributed by atoms with E-state index in [1.54, 1.807) is 12.4 Å². The SMILES string of the molecule is CCC(C(N)=S)N1CCN(C(=O)c2cncnc2)CC1. The van der Waals surface area contributed by atoms with E-state index in [-0.39, 0.29) is 11.9 Å². The van der Waals surface area contributed by atoms with E-state index >= 15 is 0 Å². The lowest BCUT2D eigenvalue weighted by Crippen LogP contribution is -2.54. The minimum atomic E-state index is -0.0198. The first-order valence-electron chi connectivity index (χ1n) is 6.71. The van der Waals surface area contributed by atoms with E-state index < -0.39 is 0 Å². The van der Waals surface area contributed by atoms with Crippen molar-refractivity contribution in [1.82, 2.24) is 19.8 Å². The maximum atomic E-state index is 12.3. The zero-order chi connectivity index (χ0) is 14.5. The second-order valence-corrected chi connectivity index (χ2v) is 5.25. The van der Waals surface area contributed by atoms with Crippen LogP contribution in [0.1, 0.15) is 23.7 Å². The van der Waals surface area contributed by atoms with Gasteiger partial charge < -0.3 is 10.6 Å². The molecule has 2 heterocycles. The van der Waals surface area contributed by atoms with E-state index in [4.69, 9.17) is 18.0 Å². The van der Waals surface area contributed by atoms with Crippen molar-refractivity contribution in [1.29, 1.82) is 0 Å². The number of thiocarbonyl (C=S) groups is 1. The van der Waals surface area contributed by atoms with Gasteiger partial charge in [0.1, 0.15) is 6.33 Å². The van der Waals surface area contributed by atoms with Gasteiger partial charge in [-0.25, -0.2) is 9.97 Å². The van der Waals surface area contributed by atoms with E-state index in [0.717, 1.165) is 19.5 Å². The zero-order valence-electron chi connectivity index (χ0n) is 11.5. The molecule has 2 N–H and O–H groups in total. The standard InChI is InChI=1S/C13H19N5OS/c1-2-11(12(14)20)17-3-5-18(6-4-17)13(19)10-7-15-9-16-8-10/h7-9,11H,2-6H2,1H3,(H2,14,20). The van der Waals surface area contributed by atoms with Crippen molar-refractivity contribution in [3.05, 3.63) is 24.3 Å². The zero-order valence-corrected chi connectivity index (χ0v) is 12.3. The van der Waals surface area contributed by atoms with E-state index in [1.165, 1.54) is 6.33 Å². The maximum Gasteiger partial charge on any atom is 0.257 e. The molecule has 6 nitrogen and oxygen atoms in total. The molecule has 1 aromatic heterocycles. The number of nitrogens with two attached hydrogens (primary N) is 1. The Hall–Kier alpha value is -1.60. The maximum absolute atomic E-state index is 12.3. The molecule has 0 saturated carbocycles. The molecule has 0 spiro atoms. The molecular weight excluding hydrogens is 274 g/mol. The third-order valence-electron chi connectivity index (χ3n) is 3.56. The topological polar surface area (TPSA) is 75.3 Å². The van der Waals surface area contributed by atoms with Crippen molar-refractivity contribution in [2.24, 2.45) is 5.73 Å². The smallest absolute Gasteiger partial charge is 0.257 e. The highest BCUT2D eigenvalue weighted by Gasteiger charge is 2.27. The number of nitrogens with zero attached hydrogens (tertiary/aromatic N) is 4. The highest BCUT2D eigenvalue weighted by molar-refractivity contribution is 7.80. The lowest BCUT2D eigenvalue weighted by Gasteiger charge is -2.38. The number of hydrogen-bond acceptors (Lipinski definition) is 5. The second-order valence-electron chi connectivity index (χ2n) is 4.78. The summed E-state index contributed by atoms with van der Waals surface area (Å²) in [7, 11) is 0. The highest BCUT2D eigenvalue weighted by Crippen LogP contribution is 2.12. The quantitative estimate of drug-likeness (QED) is 0.805. The van der Waals surface area contributed by atoms with Crippen LogP contribution in [-0.4, -0.2) is 62.9 Å². The minimum Gasteiger partial charge on any atom is -0.392 e. The van der Waals surface area contributed by atoms with Gasteiger partial charge in [0.2, 0.25) is 0 Å². The van der Waals surface area contributed by atoms with Crippen LogP contribution in [0.25, 0.3) is 0 Å². The van der Waals surface area contributed by atoms with Crippen molar-refractivity contribution in [2.75, 3.05) is 26.2 Å². The van der Waals surface area contributed by atoms with Crippen LogP contribution in [0.3, 0.4) is 0 Å². The molecule has 1 aromatic rings. The summed E-state index contributed by atoms with van der Waals surface area (Å²) in [5.41, 5.74) is 6.29. The van der Waals surface area contributed by atoms with Gasteiger partial charge in [-0.15, -0.1) is 0 Å². The molecule has 0 aliphatic carbocycles. The molecule has 1 aliphatic heterocycles. The molecule has 7 heteroatoms. The van der Waals surface area contributed by atoms with Crippen molar-refractivity contribution < 1.29 is 4.79 Å². The normalized spacial score (nSPS) is 17.8. The molecule has 0 aromatic carbocycles. The number of piperazine rings is 1. The van der Waals surface area contributed by atoms with Gasteiger partial charge in [0.05, 0.1) is 16.6 Å². The van der Waals surface area contributed by atoms with Gasteiger partial charge in [-0.3, -0.25) is 9.69 Å². The highest BCUT2D eigenvalue weighted by atomic mass is 32.1.